The topological polar surface area (TPSA) is 162 Å². The fourth-order valence-corrected chi connectivity index (χ4v) is 3.44. The zero-order valence-electron chi connectivity index (χ0n) is 18.7. The Kier molecular flexibility index (Phi) is 6.96. The minimum absolute atomic E-state index is 0.0347. The maximum Gasteiger partial charge on any atom is 0.231 e. The molecular weight excluding hydrogens is 455 g/mol. The van der Waals surface area contributed by atoms with Crippen LogP contribution in [0.1, 0.15) is 19.0 Å². The van der Waals surface area contributed by atoms with E-state index in [9.17, 15) is 9.18 Å². The van der Waals surface area contributed by atoms with Crippen molar-refractivity contribution in [3.8, 4) is 34.8 Å². The summed E-state index contributed by atoms with van der Waals surface area (Å²) in [5.74, 6) is -0.134. The first-order chi connectivity index (χ1) is 16.9. The van der Waals surface area contributed by atoms with Gasteiger partial charge in [-0.05, 0) is 37.3 Å². The highest BCUT2D eigenvalue weighted by molar-refractivity contribution is 5.83. The van der Waals surface area contributed by atoms with Gasteiger partial charge in [-0.2, -0.15) is 10.5 Å². The largest absolute Gasteiger partial charge is 0.345 e. The van der Waals surface area contributed by atoms with E-state index in [0.29, 0.717) is 28.5 Å². The zero-order chi connectivity index (χ0) is 24.8. The quantitative estimate of drug-likeness (QED) is 0.434. The van der Waals surface area contributed by atoms with E-state index in [1.807, 2.05) is 12.1 Å². The van der Waals surface area contributed by atoms with Crippen LogP contribution < -0.4 is 10.6 Å². The maximum absolute atomic E-state index is 13.5. The highest BCUT2D eigenvalue weighted by Crippen LogP contribution is 2.35. The van der Waals surface area contributed by atoms with Gasteiger partial charge in [-0.1, -0.05) is 0 Å². The normalized spacial score (nSPS) is 19.4. The highest BCUT2D eigenvalue weighted by atomic mass is 19.1. The van der Waals surface area contributed by atoms with Gasteiger partial charge in [0.25, 0.3) is 0 Å². The highest BCUT2D eigenvalue weighted by Gasteiger charge is 2.40. The van der Waals surface area contributed by atoms with E-state index in [0.717, 1.165) is 0 Å². The predicted molar refractivity (Wildman–Crippen MR) is 120 cm³/mol. The van der Waals surface area contributed by atoms with Gasteiger partial charge < -0.3 is 25.1 Å². The second-order valence-electron chi connectivity index (χ2n) is 7.99. The Hall–Kier alpha value is -4.39. The summed E-state index contributed by atoms with van der Waals surface area (Å²) in [6.07, 6.45) is 0.647. The van der Waals surface area contributed by atoms with Crippen LogP contribution in [0.3, 0.4) is 0 Å². The summed E-state index contributed by atoms with van der Waals surface area (Å²) in [7, 11) is 0. The number of nitriles is 2. The van der Waals surface area contributed by atoms with Crippen LogP contribution in [-0.4, -0.2) is 52.1 Å². The van der Waals surface area contributed by atoms with Gasteiger partial charge in [0.2, 0.25) is 18.1 Å². The molecule has 1 fully saturated rings. The number of anilines is 1. The first kappa shape index (κ1) is 23.8. The van der Waals surface area contributed by atoms with Gasteiger partial charge in [0.1, 0.15) is 18.9 Å². The molecule has 0 bridgehead atoms. The number of carbonyl (C=O) groups excluding carboxylic acids is 1. The third-order valence-corrected chi connectivity index (χ3v) is 5.28. The van der Waals surface area contributed by atoms with Crippen molar-refractivity contribution >= 4 is 11.9 Å². The Morgan fingerprint density at radius 1 is 1.17 bits per heavy atom. The van der Waals surface area contributed by atoms with Crippen LogP contribution in [0.4, 0.5) is 10.3 Å². The fourth-order valence-electron chi connectivity index (χ4n) is 3.44. The van der Waals surface area contributed by atoms with E-state index in [2.05, 4.69) is 30.6 Å². The van der Waals surface area contributed by atoms with E-state index in [-0.39, 0.29) is 44.0 Å². The molecule has 0 atom stereocenters. The zero-order valence-corrected chi connectivity index (χ0v) is 18.7. The van der Waals surface area contributed by atoms with Crippen LogP contribution in [0.5, 0.6) is 0 Å². The standard InChI is InChI=1S/C23H21FN8O3/c1-23(21(33)27-10-7-25)12-34-20(35-13-23)19-31-17(14-2-4-15(24)5-3-14)18(32-19)16-6-9-28-22(30-16)29-11-8-26/h2-6,9,20H,10-13H2,1H3,(H,27,33)(H,31,32)(H,28,29,30). The van der Waals surface area contributed by atoms with E-state index in [4.69, 9.17) is 20.0 Å². The first-order valence-corrected chi connectivity index (χ1v) is 10.6. The van der Waals surface area contributed by atoms with E-state index < -0.39 is 11.7 Å². The Labute approximate surface area is 199 Å². The third kappa shape index (κ3) is 5.24. The number of nitrogens with zero attached hydrogens (tertiary/aromatic N) is 5. The Morgan fingerprint density at radius 2 is 1.89 bits per heavy atom. The Balaban J connectivity index is 1.64. The molecule has 2 aromatic heterocycles. The minimum Gasteiger partial charge on any atom is -0.345 e. The van der Waals surface area contributed by atoms with Gasteiger partial charge in [-0.25, -0.2) is 19.3 Å². The lowest BCUT2D eigenvalue weighted by molar-refractivity contribution is -0.230. The monoisotopic (exact) mass is 476 g/mol. The molecule has 1 aliphatic rings. The lowest BCUT2D eigenvalue weighted by Gasteiger charge is -2.35. The maximum atomic E-state index is 13.5. The molecule has 0 spiro atoms. The molecule has 3 N–H and O–H groups in total. The number of H-pyrrole nitrogens is 1. The second kappa shape index (κ2) is 10.3. The molecule has 0 radical (unpaired) electrons. The number of carbonyl (C=O) groups is 1. The van der Waals surface area contributed by atoms with Crippen molar-refractivity contribution in [2.75, 3.05) is 31.6 Å². The van der Waals surface area contributed by atoms with Crippen LogP contribution in [0.15, 0.2) is 36.5 Å². The summed E-state index contributed by atoms with van der Waals surface area (Å²) in [6.45, 7) is 1.71. The molecule has 11 nitrogen and oxygen atoms in total. The summed E-state index contributed by atoms with van der Waals surface area (Å²) in [5, 5.41) is 22.8. The van der Waals surface area contributed by atoms with Crippen molar-refractivity contribution in [1.29, 1.82) is 10.5 Å². The van der Waals surface area contributed by atoms with Crippen LogP contribution >= 0.6 is 0 Å². The number of hydrogen-bond donors (Lipinski definition) is 3. The molecule has 4 rings (SSSR count). The van der Waals surface area contributed by atoms with Gasteiger partial charge in [-0.15, -0.1) is 0 Å². The number of halogens is 1. The number of imidazole rings is 1. The van der Waals surface area contributed by atoms with Gasteiger partial charge in [0.05, 0.1) is 47.8 Å². The van der Waals surface area contributed by atoms with Crippen molar-refractivity contribution in [3.63, 3.8) is 0 Å². The average Bonchev–Trinajstić information content (AvgIpc) is 3.32. The molecule has 1 aliphatic heterocycles. The summed E-state index contributed by atoms with van der Waals surface area (Å²) in [6, 6.07) is 11.3. The lowest BCUT2D eigenvalue weighted by atomic mass is 9.91. The molecular formula is C23H21FN8O3. The number of aromatic nitrogens is 4. The SMILES string of the molecule is CC1(C(=O)NCC#N)COC(c2nc(-c3ccc(F)cc3)c(-c3ccnc(NCC#N)n3)[nH]2)OC1. The average molecular weight is 476 g/mol. The molecule has 0 unspecified atom stereocenters. The van der Waals surface area contributed by atoms with Crippen molar-refractivity contribution in [3.05, 3.63) is 48.2 Å². The van der Waals surface area contributed by atoms with Gasteiger partial charge in [0, 0.05) is 11.8 Å². The number of ether oxygens (including phenoxy) is 2. The minimum atomic E-state index is -0.962. The van der Waals surface area contributed by atoms with E-state index in [1.54, 1.807) is 25.1 Å². The molecule has 1 saturated heterocycles. The van der Waals surface area contributed by atoms with Gasteiger partial charge in [0.15, 0.2) is 5.82 Å². The summed E-state index contributed by atoms with van der Waals surface area (Å²) in [4.78, 5) is 28.7. The fraction of sp³-hybridized carbons (Fsp3) is 0.304. The molecule has 178 valence electrons. The van der Waals surface area contributed by atoms with Crippen molar-refractivity contribution in [2.45, 2.75) is 13.2 Å². The molecule has 0 saturated carbocycles. The first-order valence-electron chi connectivity index (χ1n) is 10.6. The second-order valence-corrected chi connectivity index (χ2v) is 7.99. The number of rotatable bonds is 7. The summed E-state index contributed by atoms with van der Waals surface area (Å²) >= 11 is 0. The van der Waals surface area contributed by atoms with Gasteiger partial charge in [-0.3, -0.25) is 4.79 Å². The van der Waals surface area contributed by atoms with Gasteiger partial charge >= 0.3 is 0 Å². The van der Waals surface area contributed by atoms with Crippen LogP contribution in [0.2, 0.25) is 0 Å². The molecule has 1 aromatic carbocycles. The Bertz CT molecular complexity index is 1290. The molecule has 35 heavy (non-hydrogen) atoms. The molecule has 1 amide bonds. The molecule has 12 heteroatoms. The van der Waals surface area contributed by atoms with Crippen LogP contribution in [0, 0.1) is 33.9 Å². The lowest BCUT2D eigenvalue weighted by Crippen LogP contribution is -2.48. The smallest absolute Gasteiger partial charge is 0.231 e. The molecule has 0 aliphatic carbocycles. The van der Waals surface area contributed by atoms with Crippen molar-refractivity contribution < 1.29 is 18.7 Å². The summed E-state index contributed by atoms with van der Waals surface area (Å²) < 4.78 is 25.2. The third-order valence-electron chi connectivity index (χ3n) is 5.28. The van der Waals surface area contributed by atoms with Crippen molar-refractivity contribution in [2.24, 2.45) is 5.41 Å². The van der Waals surface area contributed by atoms with Crippen molar-refractivity contribution in [1.82, 2.24) is 25.3 Å². The van der Waals surface area contributed by atoms with Crippen LogP contribution in [0.25, 0.3) is 22.6 Å². The Morgan fingerprint density at radius 3 is 2.57 bits per heavy atom. The van der Waals surface area contributed by atoms with E-state index >= 15 is 0 Å². The predicted octanol–water partition coefficient (Wildman–Crippen LogP) is 2.30. The number of benzene rings is 1. The number of nitrogens with one attached hydrogen (secondary N) is 3. The van der Waals surface area contributed by atoms with Crippen LogP contribution in [-0.2, 0) is 14.3 Å². The molecule has 3 aromatic rings. The number of aromatic amines is 1. The number of hydrogen-bond acceptors (Lipinski definition) is 9. The van der Waals surface area contributed by atoms with E-state index in [1.165, 1.54) is 18.3 Å². The summed E-state index contributed by atoms with van der Waals surface area (Å²) in [5.41, 5.74) is 1.15. The molecule has 3 heterocycles. The number of amides is 1.